The average molecular weight is 350 g/mol. The SMILES string of the molecule is CN1CCN(C(=O)c2cccc(OCc3cn4ccccc4n3)c2)CC1. The van der Waals surface area contributed by atoms with Crippen molar-refractivity contribution in [3.63, 3.8) is 0 Å². The van der Waals surface area contributed by atoms with Gasteiger partial charge < -0.3 is 18.9 Å². The van der Waals surface area contributed by atoms with Crippen molar-refractivity contribution in [3.8, 4) is 5.75 Å². The lowest BCUT2D eigenvalue weighted by Crippen LogP contribution is -2.47. The minimum Gasteiger partial charge on any atom is -0.487 e. The summed E-state index contributed by atoms with van der Waals surface area (Å²) < 4.78 is 7.83. The van der Waals surface area contributed by atoms with E-state index in [4.69, 9.17) is 4.74 Å². The van der Waals surface area contributed by atoms with Crippen LogP contribution >= 0.6 is 0 Å². The van der Waals surface area contributed by atoms with Gasteiger partial charge in [0.05, 0.1) is 5.69 Å². The zero-order valence-electron chi connectivity index (χ0n) is 14.8. The van der Waals surface area contributed by atoms with Gasteiger partial charge in [-0.1, -0.05) is 12.1 Å². The van der Waals surface area contributed by atoms with Crippen LogP contribution in [0.5, 0.6) is 5.75 Å². The number of amides is 1. The number of imidazole rings is 1. The molecule has 1 saturated heterocycles. The van der Waals surface area contributed by atoms with E-state index in [1.54, 1.807) is 0 Å². The Morgan fingerprint density at radius 1 is 1.12 bits per heavy atom. The maximum atomic E-state index is 12.7. The number of rotatable bonds is 4. The Morgan fingerprint density at radius 3 is 2.77 bits per heavy atom. The molecule has 6 heteroatoms. The molecule has 1 aliphatic heterocycles. The number of ether oxygens (including phenoxy) is 1. The van der Waals surface area contributed by atoms with Gasteiger partial charge in [0.15, 0.2) is 0 Å². The Labute approximate surface area is 152 Å². The number of benzene rings is 1. The van der Waals surface area contributed by atoms with Crippen LogP contribution in [0.15, 0.2) is 54.9 Å². The van der Waals surface area contributed by atoms with Crippen molar-refractivity contribution in [2.45, 2.75) is 6.61 Å². The summed E-state index contributed by atoms with van der Waals surface area (Å²) in [6.45, 7) is 3.72. The Bertz CT molecular complexity index is 880. The first-order valence-electron chi connectivity index (χ1n) is 8.82. The van der Waals surface area contributed by atoms with E-state index < -0.39 is 0 Å². The van der Waals surface area contributed by atoms with E-state index in [1.165, 1.54) is 0 Å². The zero-order valence-corrected chi connectivity index (χ0v) is 14.8. The van der Waals surface area contributed by atoms with Crippen LogP contribution in [0.3, 0.4) is 0 Å². The Morgan fingerprint density at radius 2 is 1.96 bits per heavy atom. The lowest BCUT2D eigenvalue weighted by molar-refractivity contribution is 0.0663. The Hall–Kier alpha value is -2.86. The number of carbonyl (C=O) groups is 1. The number of piperazine rings is 1. The van der Waals surface area contributed by atoms with Crippen molar-refractivity contribution in [3.05, 3.63) is 66.1 Å². The van der Waals surface area contributed by atoms with Crippen molar-refractivity contribution in [1.82, 2.24) is 19.2 Å². The van der Waals surface area contributed by atoms with E-state index in [9.17, 15) is 4.79 Å². The third-order valence-electron chi connectivity index (χ3n) is 4.67. The molecular formula is C20H22N4O2. The van der Waals surface area contributed by atoms with Gasteiger partial charge in [0.2, 0.25) is 0 Å². The first kappa shape index (κ1) is 16.6. The molecule has 3 aromatic rings. The monoisotopic (exact) mass is 350 g/mol. The lowest BCUT2D eigenvalue weighted by atomic mass is 10.1. The first-order chi connectivity index (χ1) is 12.7. The van der Waals surface area contributed by atoms with Crippen molar-refractivity contribution in [1.29, 1.82) is 0 Å². The highest BCUT2D eigenvalue weighted by Crippen LogP contribution is 2.17. The van der Waals surface area contributed by atoms with E-state index in [0.717, 1.165) is 37.5 Å². The van der Waals surface area contributed by atoms with Gasteiger partial charge >= 0.3 is 0 Å². The second-order valence-corrected chi connectivity index (χ2v) is 6.61. The van der Waals surface area contributed by atoms with E-state index in [2.05, 4.69) is 16.9 Å². The van der Waals surface area contributed by atoms with Gasteiger partial charge in [-0.25, -0.2) is 4.98 Å². The zero-order chi connectivity index (χ0) is 17.9. The van der Waals surface area contributed by atoms with Crippen LogP contribution in [-0.4, -0.2) is 58.3 Å². The summed E-state index contributed by atoms with van der Waals surface area (Å²) in [6.07, 6.45) is 3.91. The average Bonchev–Trinajstić information content (AvgIpc) is 3.10. The van der Waals surface area contributed by atoms with Crippen molar-refractivity contribution < 1.29 is 9.53 Å². The number of pyridine rings is 1. The minimum absolute atomic E-state index is 0.0660. The molecule has 4 rings (SSSR count). The fraction of sp³-hybridized carbons (Fsp3) is 0.300. The largest absolute Gasteiger partial charge is 0.487 e. The summed E-state index contributed by atoms with van der Waals surface area (Å²) >= 11 is 0. The molecule has 0 saturated carbocycles. The van der Waals surface area contributed by atoms with Gasteiger partial charge in [0.25, 0.3) is 5.91 Å². The maximum absolute atomic E-state index is 12.7. The normalized spacial score (nSPS) is 15.3. The van der Waals surface area contributed by atoms with Crippen molar-refractivity contribution >= 4 is 11.6 Å². The van der Waals surface area contributed by atoms with E-state index >= 15 is 0 Å². The summed E-state index contributed by atoms with van der Waals surface area (Å²) in [6, 6.07) is 13.3. The highest BCUT2D eigenvalue weighted by molar-refractivity contribution is 5.94. The van der Waals surface area contributed by atoms with Crippen molar-refractivity contribution in [2.24, 2.45) is 0 Å². The number of carbonyl (C=O) groups excluding carboxylic acids is 1. The molecule has 0 spiro atoms. The molecule has 0 radical (unpaired) electrons. The van der Waals surface area contributed by atoms with Crippen LogP contribution in [0.2, 0.25) is 0 Å². The van der Waals surface area contributed by atoms with Crippen LogP contribution in [0.25, 0.3) is 5.65 Å². The number of hydrogen-bond donors (Lipinski definition) is 0. The fourth-order valence-corrected chi connectivity index (χ4v) is 3.13. The minimum atomic E-state index is 0.0660. The Balaban J connectivity index is 1.43. The molecule has 2 aromatic heterocycles. The van der Waals surface area contributed by atoms with Gasteiger partial charge in [0.1, 0.15) is 18.0 Å². The standard InChI is InChI=1S/C20H22N4O2/c1-22-9-11-23(12-10-22)20(25)16-5-4-6-18(13-16)26-15-17-14-24-8-3-2-7-19(24)21-17/h2-8,13-14H,9-12,15H2,1H3. The third-order valence-corrected chi connectivity index (χ3v) is 4.67. The summed E-state index contributed by atoms with van der Waals surface area (Å²) in [5.74, 6) is 0.748. The summed E-state index contributed by atoms with van der Waals surface area (Å²) in [4.78, 5) is 21.3. The quantitative estimate of drug-likeness (QED) is 0.724. The van der Waals surface area contributed by atoms with E-state index in [0.29, 0.717) is 17.9 Å². The number of nitrogens with zero attached hydrogens (tertiary/aromatic N) is 4. The summed E-state index contributed by atoms with van der Waals surface area (Å²) in [5.41, 5.74) is 2.42. The lowest BCUT2D eigenvalue weighted by Gasteiger charge is -2.32. The predicted molar refractivity (Wildman–Crippen MR) is 99.4 cm³/mol. The van der Waals surface area contributed by atoms with Crippen molar-refractivity contribution in [2.75, 3.05) is 33.2 Å². The predicted octanol–water partition coefficient (Wildman–Crippen LogP) is 2.30. The van der Waals surface area contributed by atoms with Crippen LogP contribution in [-0.2, 0) is 6.61 Å². The number of hydrogen-bond acceptors (Lipinski definition) is 4. The number of likely N-dealkylation sites (N-methyl/N-ethyl adjacent to an activating group) is 1. The molecule has 3 heterocycles. The molecule has 1 amide bonds. The second-order valence-electron chi connectivity index (χ2n) is 6.61. The number of aromatic nitrogens is 2. The highest BCUT2D eigenvalue weighted by atomic mass is 16.5. The smallest absolute Gasteiger partial charge is 0.254 e. The fourth-order valence-electron chi connectivity index (χ4n) is 3.13. The molecule has 1 aromatic carbocycles. The second kappa shape index (κ2) is 7.17. The topological polar surface area (TPSA) is 50.1 Å². The third kappa shape index (κ3) is 3.55. The van der Waals surface area contributed by atoms with E-state index in [1.807, 2.05) is 64.2 Å². The molecule has 0 unspecified atom stereocenters. The molecular weight excluding hydrogens is 328 g/mol. The summed E-state index contributed by atoms with van der Waals surface area (Å²) in [5, 5.41) is 0. The molecule has 1 aliphatic rings. The van der Waals surface area contributed by atoms with Gasteiger partial charge in [0, 0.05) is 44.1 Å². The first-order valence-corrected chi connectivity index (χ1v) is 8.82. The molecule has 0 atom stereocenters. The molecule has 0 N–H and O–H groups in total. The van der Waals surface area contributed by atoms with Crippen LogP contribution in [0.4, 0.5) is 0 Å². The van der Waals surface area contributed by atoms with Crippen LogP contribution in [0, 0.1) is 0 Å². The number of fused-ring (bicyclic) bond motifs is 1. The van der Waals surface area contributed by atoms with Crippen LogP contribution < -0.4 is 4.74 Å². The molecule has 0 bridgehead atoms. The summed E-state index contributed by atoms with van der Waals surface area (Å²) in [7, 11) is 2.08. The molecule has 26 heavy (non-hydrogen) atoms. The van der Waals surface area contributed by atoms with Gasteiger partial charge in [-0.15, -0.1) is 0 Å². The highest BCUT2D eigenvalue weighted by Gasteiger charge is 2.20. The molecule has 134 valence electrons. The maximum Gasteiger partial charge on any atom is 0.254 e. The van der Waals surface area contributed by atoms with E-state index in [-0.39, 0.29) is 5.91 Å². The Kier molecular flexibility index (Phi) is 4.58. The van der Waals surface area contributed by atoms with Crippen LogP contribution in [0.1, 0.15) is 16.1 Å². The van der Waals surface area contributed by atoms with Gasteiger partial charge in [-0.3, -0.25) is 4.79 Å². The molecule has 1 fully saturated rings. The van der Waals surface area contributed by atoms with Gasteiger partial charge in [-0.05, 0) is 37.4 Å². The molecule has 0 aliphatic carbocycles. The van der Waals surface area contributed by atoms with Gasteiger partial charge in [-0.2, -0.15) is 0 Å². The molecule has 6 nitrogen and oxygen atoms in total.